The van der Waals surface area contributed by atoms with Gasteiger partial charge in [-0.25, -0.2) is 9.97 Å². The molecule has 2 N–H and O–H groups in total. The Balaban J connectivity index is 2.02. The highest BCUT2D eigenvalue weighted by Crippen LogP contribution is 2.23. The molecule has 2 heterocycles. The van der Waals surface area contributed by atoms with Gasteiger partial charge in [0.1, 0.15) is 0 Å². The Kier molecular flexibility index (Phi) is 4.01. The lowest BCUT2D eigenvalue weighted by Crippen LogP contribution is -2.32. The van der Waals surface area contributed by atoms with Crippen LogP contribution in [0.4, 0.5) is 5.95 Å². The number of anilines is 1. The van der Waals surface area contributed by atoms with E-state index in [2.05, 4.69) is 21.9 Å². The summed E-state index contributed by atoms with van der Waals surface area (Å²) in [6.45, 7) is 0.651. The zero-order valence-corrected chi connectivity index (χ0v) is 10.4. The van der Waals surface area contributed by atoms with Crippen molar-refractivity contribution in [2.75, 3.05) is 30.0 Å². The van der Waals surface area contributed by atoms with E-state index in [1.54, 1.807) is 0 Å². The van der Waals surface area contributed by atoms with Crippen molar-refractivity contribution in [3.63, 3.8) is 0 Å². The average Bonchev–Trinajstić information content (AvgIpc) is 2.83. The van der Waals surface area contributed by atoms with E-state index in [0.717, 1.165) is 17.9 Å². The van der Waals surface area contributed by atoms with Crippen molar-refractivity contribution in [3.8, 4) is 0 Å². The van der Waals surface area contributed by atoms with Crippen molar-refractivity contribution in [2.45, 2.75) is 18.9 Å². The molecule has 1 aromatic heterocycles. The van der Waals surface area contributed by atoms with Crippen molar-refractivity contribution >= 4 is 17.7 Å². The quantitative estimate of drug-likeness (QED) is 0.845. The van der Waals surface area contributed by atoms with Crippen LogP contribution in [0.25, 0.3) is 0 Å². The minimum absolute atomic E-state index is 0.588. The third kappa shape index (κ3) is 2.65. The van der Waals surface area contributed by atoms with Crippen LogP contribution < -0.4 is 10.6 Å². The summed E-state index contributed by atoms with van der Waals surface area (Å²) in [5, 5.41) is 0. The monoisotopic (exact) mass is 238 g/mol. The average molecular weight is 238 g/mol. The molecule has 16 heavy (non-hydrogen) atoms. The van der Waals surface area contributed by atoms with Crippen LogP contribution in [-0.4, -0.2) is 41.1 Å². The largest absolute Gasteiger partial charge is 0.340 e. The molecule has 0 aliphatic carbocycles. The third-order valence-corrected chi connectivity index (χ3v) is 4.04. The van der Waals surface area contributed by atoms with Gasteiger partial charge in [0, 0.05) is 31.2 Å². The molecular weight excluding hydrogens is 220 g/mol. The van der Waals surface area contributed by atoms with Crippen LogP contribution in [0, 0.1) is 0 Å². The number of hydrogen-bond acceptors (Lipinski definition) is 5. The maximum Gasteiger partial charge on any atom is 0.225 e. The van der Waals surface area contributed by atoms with Gasteiger partial charge in [-0.3, -0.25) is 0 Å². The molecule has 1 aliphatic heterocycles. The van der Waals surface area contributed by atoms with Gasteiger partial charge in [-0.2, -0.15) is 11.8 Å². The highest BCUT2D eigenvalue weighted by molar-refractivity contribution is 7.99. The smallest absolute Gasteiger partial charge is 0.225 e. The standard InChI is InChI=1S/C11H18N4S/c1-15(10-3-5-16-8-10)11-13-6-9(2-4-12)7-14-11/h6-7,10H,2-5,8,12H2,1H3. The van der Waals surface area contributed by atoms with Crippen LogP contribution in [0.3, 0.4) is 0 Å². The number of aromatic nitrogens is 2. The van der Waals surface area contributed by atoms with Gasteiger partial charge in [0.05, 0.1) is 0 Å². The van der Waals surface area contributed by atoms with Gasteiger partial charge in [0.15, 0.2) is 0 Å². The highest BCUT2D eigenvalue weighted by atomic mass is 32.2. The summed E-state index contributed by atoms with van der Waals surface area (Å²) < 4.78 is 0. The van der Waals surface area contributed by atoms with Crippen LogP contribution in [0.2, 0.25) is 0 Å². The van der Waals surface area contributed by atoms with E-state index in [1.807, 2.05) is 24.2 Å². The van der Waals surface area contributed by atoms with Gasteiger partial charge >= 0.3 is 0 Å². The van der Waals surface area contributed by atoms with Gasteiger partial charge in [-0.05, 0) is 30.7 Å². The fourth-order valence-corrected chi connectivity index (χ4v) is 3.08. The van der Waals surface area contributed by atoms with Crippen molar-refractivity contribution < 1.29 is 0 Å². The molecule has 1 fully saturated rings. The van der Waals surface area contributed by atoms with Crippen LogP contribution in [-0.2, 0) is 6.42 Å². The van der Waals surface area contributed by atoms with Gasteiger partial charge in [0.25, 0.3) is 0 Å². The topological polar surface area (TPSA) is 55.0 Å². The number of thioether (sulfide) groups is 1. The molecule has 0 aromatic carbocycles. The Morgan fingerprint density at radius 2 is 2.25 bits per heavy atom. The van der Waals surface area contributed by atoms with Crippen molar-refractivity contribution in [3.05, 3.63) is 18.0 Å². The van der Waals surface area contributed by atoms with Gasteiger partial charge in [-0.1, -0.05) is 0 Å². The Bertz CT molecular complexity index is 321. The number of rotatable bonds is 4. The SMILES string of the molecule is CN(c1ncc(CCN)cn1)C1CCSC1. The molecule has 2 rings (SSSR count). The van der Waals surface area contributed by atoms with E-state index in [4.69, 9.17) is 5.73 Å². The maximum absolute atomic E-state index is 5.49. The molecule has 1 unspecified atom stereocenters. The predicted molar refractivity (Wildman–Crippen MR) is 68.9 cm³/mol. The lowest BCUT2D eigenvalue weighted by molar-refractivity contribution is 0.680. The Morgan fingerprint density at radius 3 is 2.81 bits per heavy atom. The van der Waals surface area contributed by atoms with Crippen molar-refractivity contribution in [1.29, 1.82) is 0 Å². The molecule has 1 aliphatic rings. The Morgan fingerprint density at radius 1 is 1.50 bits per heavy atom. The molecule has 1 aromatic rings. The summed E-state index contributed by atoms with van der Waals surface area (Å²) in [5.74, 6) is 3.26. The zero-order chi connectivity index (χ0) is 11.4. The molecule has 0 bridgehead atoms. The molecule has 0 spiro atoms. The minimum Gasteiger partial charge on any atom is -0.340 e. The predicted octanol–water partition coefficient (Wildman–Crippen LogP) is 0.919. The first-order valence-corrected chi connectivity index (χ1v) is 6.78. The lowest BCUT2D eigenvalue weighted by Gasteiger charge is -2.23. The number of nitrogens with zero attached hydrogens (tertiary/aromatic N) is 3. The van der Waals surface area contributed by atoms with Crippen LogP contribution in [0.1, 0.15) is 12.0 Å². The summed E-state index contributed by atoms with van der Waals surface area (Å²) in [6, 6.07) is 0.588. The second kappa shape index (κ2) is 5.50. The van der Waals surface area contributed by atoms with E-state index in [0.29, 0.717) is 12.6 Å². The molecule has 0 radical (unpaired) electrons. The van der Waals surface area contributed by atoms with Gasteiger partial charge < -0.3 is 10.6 Å². The summed E-state index contributed by atoms with van der Waals surface area (Å²) in [4.78, 5) is 11.0. The first kappa shape index (κ1) is 11.7. The molecule has 4 nitrogen and oxygen atoms in total. The Hall–Kier alpha value is -0.810. The van der Waals surface area contributed by atoms with E-state index in [9.17, 15) is 0 Å². The summed E-state index contributed by atoms with van der Waals surface area (Å²) >= 11 is 2.00. The number of nitrogens with two attached hydrogens (primary N) is 1. The maximum atomic E-state index is 5.49. The molecule has 1 atom stereocenters. The normalized spacial score (nSPS) is 20.0. The van der Waals surface area contributed by atoms with Gasteiger partial charge in [-0.15, -0.1) is 0 Å². The summed E-state index contributed by atoms with van der Waals surface area (Å²) in [6.07, 6.45) is 5.85. The minimum atomic E-state index is 0.588. The Labute approximate surface area is 101 Å². The lowest BCUT2D eigenvalue weighted by atomic mass is 10.2. The fraction of sp³-hybridized carbons (Fsp3) is 0.636. The fourth-order valence-electron chi connectivity index (χ4n) is 1.82. The van der Waals surface area contributed by atoms with Crippen molar-refractivity contribution in [1.82, 2.24) is 9.97 Å². The van der Waals surface area contributed by atoms with Gasteiger partial charge in [0.2, 0.25) is 5.95 Å². The van der Waals surface area contributed by atoms with E-state index >= 15 is 0 Å². The number of hydrogen-bond donors (Lipinski definition) is 1. The second-order valence-electron chi connectivity index (χ2n) is 4.06. The highest BCUT2D eigenvalue weighted by Gasteiger charge is 2.21. The van der Waals surface area contributed by atoms with E-state index in [-0.39, 0.29) is 0 Å². The second-order valence-corrected chi connectivity index (χ2v) is 5.21. The molecule has 0 saturated carbocycles. The van der Waals surface area contributed by atoms with E-state index in [1.165, 1.54) is 17.9 Å². The molecule has 88 valence electrons. The van der Waals surface area contributed by atoms with Crippen LogP contribution >= 0.6 is 11.8 Å². The van der Waals surface area contributed by atoms with Crippen LogP contribution in [0.5, 0.6) is 0 Å². The van der Waals surface area contributed by atoms with Crippen molar-refractivity contribution in [2.24, 2.45) is 5.73 Å². The van der Waals surface area contributed by atoms with Crippen LogP contribution in [0.15, 0.2) is 12.4 Å². The third-order valence-electron chi connectivity index (χ3n) is 2.89. The van der Waals surface area contributed by atoms with E-state index < -0.39 is 0 Å². The summed E-state index contributed by atoms with van der Waals surface area (Å²) in [5.41, 5.74) is 6.60. The first-order chi connectivity index (χ1) is 7.81. The molecule has 0 amide bonds. The first-order valence-electron chi connectivity index (χ1n) is 5.63. The molecule has 5 heteroatoms. The summed E-state index contributed by atoms with van der Waals surface area (Å²) in [7, 11) is 2.08. The molecule has 1 saturated heterocycles. The zero-order valence-electron chi connectivity index (χ0n) is 9.59. The molecular formula is C11H18N4S.